The Bertz CT molecular complexity index is 356. The van der Waals surface area contributed by atoms with Gasteiger partial charge in [-0.1, -0.05) is 19.3 Å². The molecule has 4 heteroatoms. The lowest BCUT2D eigenvalue weighted by molar-refractivity contribution is -0.118. The molecule has 1 amide bonds. The first kappa shape index (κ1) is 12.6. The highest BCUT2D eigenvalue weighted by Crippen LogP contribution is 2.38. The molecular weight excluding hydrogens is 232 g/mol. The second-order valence-corrected chi connectivity index (χ2v) is 5.78. The van der Waals surface area contributed by atoms with Crippen molar-refractivity contribution in [1.29, 1.82) is 0 Å². The lowest BCUT2D eigenvalue weighted by Crippen LogP contribution is -2.36. The van der Waals surface area contributed by atoms with Crippen LogP contribution in [0.1, 0.15) is 38.5 Å². The lowest BCUT2D eigenvalue weighted by atomic mass is 9.71. The summed E-state index contributed by atoms with van der Waals surface area (Å²) in [6.45, 7) is 0.629. The van der Waals surface area contributed by atoms with Crippen LogP contribution in [0.25, 0.3) is 0 Å². The van der Waals surface area contributed by atoms with Crippen molar-refractivity contribution in [3.63, 3.8) is 0 Å². The highest BCUT2D eigenvalue weighted by atomic mass is 32.1. The number of amides is 1. The number of hydrogen-bond donors (Lipinski definition) is 2. The molecule has 1 aromatic rings. The summed E-state index contributed by atoms with van der Waals surface area (Å²) in [4.78, 5) is 12.0. The predicted octanol–water partition coefficient (Wildman–Crippen LogP) is 2.99. The Morgan fingerprint density at radius 2 is 2.18 bits per heavy atom. The Labute approximate surface area is 106 Å². The van der Waals surface area contributed by atoms with Crippen LogP contribution in [-0.2, 0) is 4.79 Å². The minimum atomic E-state index is 0.0539. The van der Waals surface area contributed by atoms with Crippen LogP contribution in [0, 0.1) is 5.41 Å². The maximum atomic E-state index is 12.0. The summed E-state index contributed by atoms with van der Waals surface area (Å²) < 4.78 is 0. The number of anilines is 1. The molecule has 2 rings (SSSR count). The van der Waals surface area contributed by atoms with Crippen molar-refractivity contribution in [1.82, 2.24) is 0 Å². The Morgan fingerprint density at radius 3 is 2.76 bits per heavy atom. The first-order chi connectivity index (χ1) is 8.24. The average Bonchev–Trinajstić information content (AvgIpc) is 2.83. The molecule has 94 valence electrons. The fraction of sp³-hybridized carbons (Fsp3) is 0.615. The van der Waals surface area contributed by atoms with Crippen LogP contribution in [0.3, 0.4) is 0 Å². The van der Waals surface area contributed by atoms with Crippen molar-refractivity contribution in [3.05, 3.63) is 16.8 Å². The SMILES string of the molecule is NCC1(CC(=O)Nc2ccsc2)CCCCC1. The van der Waals surface area contributed by atoms with Crippen molar-refractivity contribution in [2.24, 2.45) is 11.1 Å². The highest BCUT2D eigenvalue weighted by molar-refractivity contribution is 7.08. The number of rotatable bonds is 4. The van der Waals surface area contributed by atoms with Gasteiger partial charge in [0.1, 0.15) is 0 Å². The molecule has 1 aliphatic rings. The summed E-state index contributed by atoms with van der Waals surface area (Å²) in [6, 6.07) is 1.93. The molecule has 0 saturated heterocycles. The van der Waals surface area contributed by atoms with E-state index >= 15 is 0 Å². The smallest absolute Gasteiger partial charge is 0.225 e. The minimum Gasteiger partial charge on any atom is -0.330 e. The highest BCUT2D eigenvalue weighted by Gasteiger charge is 2.32. The first-order valence-corrected chi connectivity index (χ1v) is 7.21. The van der Waals surface area contributed by atoms with Gasteiger partial charge in [0.15, 0.2) is 0 Å². The van der Waals surface area contributed by atoms with Gasteiger partial charge in [-0.15, -0.1) is 0 Å². The third kappa shape index (κ3) is 3.30. The van der Waals surface area contributed by atoms with Gasteiger partial charge >= 0.3 is 0 Å². The molecule has 0 aromatic carbocycles. The van der Waals surface area contributed by atoms with E-state index in [-0.39, 0.29) is 11.3 Å². The Kier molecular flexibility index (Phi) is 4.18. The summed E-state index contributed by atoms with van der Waals surface area (Å²) >= 11 is 1.59. The zero-order valence-electron chi connectivity index (χ0n) is 10.1. The van der Waals surface area contributed by atoms with Gasteiger partial charge in [0.2, 0.25) is 5.91 Å². The zero-order chi connectivity index (χ0) is 12.1. The molecule has 1 fully saturated rings. The Balaban J connectivity index is 1.91. The van der Waals surface area contributed by atoms with Gasteiger partial charge in [-0.3, -0.25) is 4.79 Å². The van der Waals surface area contributed by atoms with E-state index in [1.54, 1.807) is 11.3 Å². The van der Waals surface area contributed by atoms with Crippen LogP contribution < -0.4 is 11.1 Å². The fourth-order valence-electron chi connectivity index (χ4n) is 2.64. The van der Waals surface area contributed by atoms with Gasteiger partial charge in [0.25, 0.3) is 0 Å². The average molecular weight is 252 g/mol. The summed E-state index contributed by atoms with van der Waals surface area (Å²) in [5.41, 5.74) is 6.84. The molecule has 0 unspecified atom stereocenters. The molecule has 17 heavy (non-hydrogen) atoms. The van der Waals surface area contributed by atoms with E-state index in [0.29, 0.717) is 13.0 Å². The van der Waals surface area contributed by atoms with Gasteiger partial charge in [0, 0.05) is 11.8 Å². The third-order valence-electron chi connectivity index (χ3n) is 3.69. The van der Waals surface area contributed by atoms with E-state index in [4.69, 9.17) is 5.73 Å². The standard InChI is InChI=1S/C13H20N2OS/c14-10-13(5-2-1-3-6-13)8-12(16)15-11-4-7-17-9-11/h4,7,9H,1-3,5-6,8,10,14H2,(H,15,16). The molecule has 0 bridgehead atoms. The van der Waals surface area contributed by atoms with Crippen LogP contribution in [0.5, 0.6) is 0 Å². The summed E-state index contributed by atoms with van der Waals surface area (Å²) in [5, 5.41) is 6.86. The molecule has 1 heterocycles. The molecule has 1 saturated carbocycles. The largest absolute Gasteiger partial charge is 0.330 e. The number of carbonyl (C=O) groups is 1. The van der Waals surface area contributed by atoms with Crippen LogP contribution in [0.2, 0.25) is 0 Å². The maximum absolute atomic E-state index is 12.0. The summed E-state index contributed by atoms with van der Waals surface area (Å²) in [5.74, 6) is 0.107. The summed E-state index contributed by atoms with van der Waals surface area (Å²) in [7, 11) is 0. The quantitative estimate of drug-likeness (QED) is 0.865. The molecule has 0 spiro atoms. The maximum Gasteiger partial charge on any atom is 0.225 e. The van der Waals surface area contributed by atoms with Crippen LogP contribution in [0.15, 0.2) is 16.8 Å². The second-order valence-electron chi connectivity index (χ2n) is 5.00. The topological polar surface area (TPSA) is 55.1 Å². The van der Waals surface area contributed by atoms with E-state index in [1.165, 1.54) is 19.3 Å². The second kappa shape index (κ2) is 5.65. The molecule has 0 radical (unpaired) electrons. The van der Waals surface area contributed by atoms with Gasteiger partial charge in [-0.25, -0.2) is 0 Å². The fourth-order valence-corrected chi connectivity index (χ4v) is 3.22. The van der Waals surface area contributed by atoms with Gasteiger partial charge in [-0.05, 0) is 36.2 Å². The Hall–Kier alpha value is -0.870. The molecule has 1 aromatic heterocycles. The van der Waals surface area contributed by atoms with Crippen LogP contribution in [0.4, 0.5) is 5.69 Å². The number of thiophene rings is 1. The first-order valence-electron chi connectivity index (χ1n) is 6.26. The molecule has 3 N–H and O–H groups in total. The number of nitrogens with one attached hydrogen (secondary N) is 1. The van der Waals surface area contributed by atoms with Gasteiger partial charge in [0.05, 0.1) is 5.69 Å². The van der Waals surface area contributed by atoms with E-state index in [0.717, 1.165) is 18.5 Å². The van der Waals surface area contributed by atoms with Crippen molar-refractivity contribution in [2.75, 3.05) is 11.9 Å². The normalized spacial score (nSPS) is 18.9. The molecule has 0 atom stereocenters. The molecule has 0 aliphatic heterocycles. The van der Waals surface area contributed by atoms with Gasteiger partial charge in [-0.2, -0.15) is 11.3 Å². The third-order valence-corrected chi connectivity index (χ3v) is 4.37. The zero-order valence-corrected chi connectivity index (χ0v) is 10.9. The van der Waals surface area contributed by atoms with Gasteiger partial charge < -0.3 is 11.1 Å². The minimum absolute atomic E-state index is 0.0539. The molecule has 1 aliphatic carbocycles. The van der Waals surface area contributed by atoms with E-state index in [1.807, 2.05) is 16.8 Å². The van der Waals surface area contributed by atoms with Crippen molar-refractivity contribution >= 4 is 22.9 Å². The molecular formula is C13H20N2OS. The summed E-state index contributed by atoms with van der Waals surface area (Å²) in [6.07, 6.45) is 6.47. The van der Waals surface area contributed by atoms with Crippen molar-refractivity contribution < 1.29 is 4.79 Å². The van der Waals surface area contributed by atoms with E-state index in [9.17, 15) is 4.79 Å². The van der Waals surface area contributed by atoms with E-state index < -0.39 is 0 Å². The van der Waals surface area contributed by atoms with Crippen LogP contribution in [-0.4, -0.2) is 12.5 Å². The number of nitrogens with two attached hydrogens (primary N) is 1. The molecule has 3 nitrogen and oxygen atoms in total. The van der Waals surface area contributed by atoms with E-state index in [2.05, 4.69) is 5.32 Å². The number of carbonyl (C=O) groups excluding carboxylic acids is 1. The van der Waals surface area contributed by atoms with Crippen molar-refractivity contribution in [2.45, 2.75) is 38.5 Å². The van der Waals surface area contributed by atoms with Crippen LogP contribution >= 0.6 is 11.3 Å². The Morgan fingerprint density at radius 1 is 1.41 bits per heavy atom. The lowest BCUT2D eigenvalue weighted by Gasteiger charge is -2.35. The predicted molar refractivity (Wildman–Crippen MR) is 72.1 cm³/mol. The monoisotopic (exact) mass is 252 g/mol. The number of hydrogen-bond acceptors (Lipinski definition) is 3. The van der Waals surface area contributed by atoms with Crippen molar-refractivity contribution in [3.8, 4) is 0 Å².